The van der Waals surface area contributed by atoms with Crippen LogP contribution < -0.4 is 11.1 Å². The number of aryl methyl sites for hydroxylation is 1. The largest absolute Gasteiger partial charge is 0.370 e. The molecule has 3 N–H and O–H groups in total. The van der Waals surface area contributed by atoms with Gasteiger partial charge in [0.1, 0.15) is 6.10 Å². The van der Waals surface area contributed by atoms with Crippen LogP contribution >= 0.6 is 0 Å². The molecule has 0 spiro atoms. The van der Waals surface area contributed by atoms with Crippen LogP contribution in [0.4, 0.5) is 0 Å². The van der Waals surface area contributed by atoms with Gasteiger partial charge in [-0.3, -0.25) is 4.99 Å². The van der Waals surface area contributed by atoms with Crippen LogP contribution in [0, 0.1) is 6.92 Å². The van der Waals surface area contributed by atoms with Crippen molar-refractivity contribution in [3.63, 3.8) is 0 Å². The highest BCUT2D eigenvalue weighted by Gasteiger charge is 2.30. The molecule has 1 saturated carbocycles. The topological polar surface area (TPSA) is 98.6 Å². The number of guanidine groups is 1. The zero-order valence-corrected chi connectivity index (χ0v) is 13.1. The van der Waals surface area contributed by atoms with Crippen molar-refractivity contribution in [3.8, 4) is 0 Å². The molecule has 122 valence electrons. The summed E-state index contributed by atoms with van der Waals surface area (Å²) in [5, 5.41) is 7.12. The van der Waals surface area contributed by atoms with E-state index in [2.05, 4.69) is 20.4 Å². The van der Waals surface area contributed by atoms with E-state index in [1.165, 1.54) is 32.1 Å². The molecule has 0 bridgehead atoms. The number of nitrogens with zero attached hydrogens (tertiary/aromatic N) is 3. The fourth-order valence-electron chi connectivity index (χ4n) is 3.17. The third-order valence-corrected chi connectivity index (χ3v) is 4.35. The summed E-state index contributed by atoms with van der Waals surface area (Å²) < 4.78 is 11.1. The van der Waals surface area contributed by atoms with Gasteiger partial charge in [-0.15, -0.1) is 0 Å². The van der Waals surface area contributed by atoms with Crippen LogP contribution in [-0.4, -0.2) is 34.8 Å². The highest BCUT2D eigenvalue weighted by molar-refractivity contribution is 5.78. The maximum Gasteiger partial charge on any atom is 0.255 e. The summed E-state index contributed by atoms with van der Waals surface area (Å²) in [6.07, 6.45) is 8.07. The standard InChI is InChI=1S/C15H25N5O2/c1-10-18-14(22-20-10)13-8-7-12(21-13)9-17-15(16)19-11-5-3-2-4-6-11/h11-13H,2-9H2,1H3,(H3,16,17,19)/t12-,13+/m1/s1. The van der Waals surface area contributed by atoms with E-state index in [0.29, 0.717) is 30.3 Å². The van der Waals surface area contributed by atoms with Crippen LogP contribution in [0.1, 0.15) is 62.8 Å². The Kier molecular flexibility index (Phi) is 4.92. The van der Waals surface area contributed by atoms with Crippen molar-refractivity contribution in [2.24, 2.45) is 10.7 Å². The van der Waals surface area contributed by atoms with Crippen LogP contribution in [0.3, 0.4) is 0 Å². The number of rotatable bonds is 4. The molecule has 1 aromatic rings. The third kappa shape index (κ3) is 3.97. The minimum Gasteiger partial charge on any atom is -0.370 e. The lowest BCUT2D eigenvalue weighted by molar-refractivity contribution is 0.0309. The first-order chi connectivity index (χ1) is 10.7. The molecule has 1 aromatic heterocycles. The Morgan fingerprint density at radius 3 is 2.82 bits per heavy atom. The smallest absolute Gasteiger partial charge is 0.255 e. The summed E-state index contributed by atoms with van der Waals surface area (Å²) in [7, 11) is 0. The molecule has 2 aliphatic rings. The van der Waals surface area contributed by atoms with Crippen molar-refractivity contribution in [2.45, 2.75) is 70.1 Å². The molecule has 7 heteroatoms. The predicted octanol–water partition coefficient (Wildman–Crippen LogP) is 1.84. The summed E-state index contributed by atoms with van der Waals surface area (Å²) in [6, 6.07) is 0.483. The molecule has 0 unspecified atom stereocenters. The zero-order chi connectivity index (χ0) is 15.4. The first-order valence-electron chi connectivity index (χ1n) is 8.23. The van der Waals surface area contributed by atoms with Crippen molar-refractivity contribution in [3.05, 3.63) is 11.7 Å². The van der Waals surface area contributed by atoms with Crippen molar-refractivity contribution < 1.29 is 9.26 Å². The number of aliphatic imine (C=N–C) groups is 1. The molecular weight excluding hydrogens is 282 g/mol. The second-order valence-corrected chi connectivity index (χ2v) is 6.21. The number of aromatic nitrogens is 2. The lowest BCUT2D eigenvalue weighted by atomic mass is 9.96. The van der Waals surface area contributed by atoms with Gasteiger partial charge in [-0.1, -0.05) is 24.4 Å². The average Bonchev–Trinajstić information content (AvgIpc) is 3.15. The van der Waals surface area contributed by atoms with Gasteiger partial charge in [0.25, 0.3) is 5.89 Å². The van der Waals surface area contributed by atoms with E-state index in [0.717, 1.165) is 12.8 Å². The van der Waals surface area contributed by atoms with Crippen molar-refractivity contribution >= 4 is 5.96 Å². The monoisotopic (exact) mass is 307 g/mol. The summed E-state index contributed by atoms with van der Waals surface area (Å²) in [6.45, 7) is 2.39. The molecule has 2 heterocycles. The summed E-state index contributed by atoms with van der Waals surface area (Å²) in [5.41, 5.74) is 5.97. The van der Waals surface area contributed by atoms with Gasteiger partial charge in [0.2, 0.25) is 0 Å². The number of ether oxygens (including phenoxy) is 1. The van der Waals surface area contributed by atoms with Gasteiger partial charge in [-0.25, -0.2) is 0 Å². The number of hydrogen-bond donors (Lipinski definition) is 2. The molecular formula is C15H25N5O2. The van der Waals surface area contributed by atoms with Crippen molar-refractivity contribution in [1.29, 1.82) is 0 Å². The molecule has 0 radical (unpaired) electrons. The predicted molar refractivity (Wildman–Crippen MR) is 82.4 cm³/mol. The third-order valence-electron chi connectivity index (χ3n) is 4.35. The molecule has 1 aliphatic heterocycles. The second kappa shape index (κ2) is 7.09. The van der Waals surface area contributed by atoms with Gasteiger partial charge in [0, 0.05) is 6.04 Å². The van der Waals surface area contributed by atoms with Crippen LogP contribution in [0.25, 0.3) is 0 Å². The molecule has 7 nitrogen and oxygen atoms in total. The molecule has 2 fully saturated rings. The Balaban J connectivity index is 1.44. The highest BCUT2D eigenvalue weighted by atomic mass is 16.5. The fourth-order valence-corrected chi connectivity index (χ4v) is 3.17. The van der Waals surface area contributed by atoms with Gasteiger partial charge in [-0.2, -0.15) is 4.98 Å². The van der Waals surface area contributed by atoms with Gasteiger partial charge < -0.3 is 20.3 Å². The SMILES string of the molecule is Cc1noc([C@@H]2CC[C@H](CN=C(N)NC3CCCCC3)O2)n1. The normalized spacial score (nSPS) is 27.2. The molecule has 0 amide bonds. The van der Waals surface area contributed by atoms with E-state index in [-0.39, 0.29) is 12.2 Å². The Labute approximate surface area is 130 Å². The lowest BCUT2D eigenvalue weighted by Gasteiger charge is -2.23. The first kappa shape index (κ1) is 15.3. The van der Waals surface area contributed by atoms with Crippen LogP contribution in [0.15, 0.2) is 9.52 Å². The lowest BCUT2D eigenvalue weighted by Crippen LogP contribution is -2.41. The number of hydrogen-bond acceptors (Lipinski definition) is 5. The molecule has 0 aromatic carbocycles. The minimum absolute atomic E-state index is 0.0731. The highest BCUT2D eigenvalue weighted by Crippen LogP contribution is 2.31. The maximum absolute atomic E-state index is 5.97. The number of nitrogens with one attached hydrogen (secondary N) is 1. The summed E-state index contributed by atoms with van der Waals surface area (Å²) in [5.74, 6) is 1.74. The molecule has 1 saturated heterocycles. The first-order valence-corrected chi connectivity index (χ1v) is 8.23. The van der Waals surface area contributed by atoms with Crippen LogP contribution in [0.5, 0.6) is 0 Å². The molecule has 1 aliphatic carbocycles. The van der Waals surface area contributed by atoms with Crippen molar-refractivity contribution in [1.82, 2.24) is 15.5 Å². The van der Waals surface area contributed by atoms with Crippen LogP contribution in [0.2, 0.25) is 0 Å². The minimum atomic E-state index is -0.103. The Bertz CT molecular complexity index is 510. The molecule has 22 heavy (non-hydrogen) atoms. The van der Waals surface area contributed by atoms with E-state index in [1.54, 1.807) is 6.92 Å². The van der Waals surface area contributed by atoms with E-state index in [4.69, 9.17) is 15.0 Å². The van der Waals surface area contributed by atoms with Crippen LogP contribution in [-0.2, 0) is 4.74 Å². The zero-order valence-electron chi connectivity index (χ0n) is 13.1. The molecule has 3 rings (SSSR count). The Morgan fingerprint density at radius 2 is 2.09 bits per heavy atom. The molecule has 2 atom stereocenters. The van der Waals surface area contributed by atoms with E-state index >= 15 is 0 Å². The fraction of sp³-hybridized carbons (Fsp3) is 0.800. The van der Waals surface area contributed by atoms with Gasteiger partial charge >= 0.3 is 0 Å². The Morgan fingerprint density at radius 1 is 1.27 bits per heavy atom. The van der Waals surface area contributed by atoms with E-state index < -0.39 is 0 Å². The summed E-state index contributed by atoms with van der Waals surface area (Å²) in [4.78, 5) is 8.65. The van der Waals surface area contributed by atoms with Gasteiger partial charge in [0.05, 0.1) is 12.6 Å². The average molecular weight is 307 g/mol. The summed E-state index contributed by atoms with van der Waals surface area (Å²) >= 11 is 0. The van der Waals surface area contributed by atoms with E-state index in [1.807, 2.05) is 0 Å². The van der Waals surface area contributed by atoms with Gasteiger partial charge in [-0.05, 0) is 32.6 Å². The van der Waals surface area contributed by atoms with Gasteiger partial charge in [0.15, 0.2) is 11.8 Å². The number of nitrogens with two attached hydrogens (primary N) is 1. The Hall–Kier alpha value is -1.63. The van der Waals surface area contributed by atoms with Crippen molar-refractivity contribution in [2.75, 3.05) is 6.54 Å². The maximum atomic E-state index is 5.97. The second-order valence-electron chi connectivity index (χ2n) is 6.21. The quantitative estimate of drug-likeness (QED) is 0.650. The van der Waals surface area contributed by atoms with E-state index in [9.17, 15) is 0 Å².